The van der Waals surface area contributed by atoms with E-state index in [1.807, 2.05) is 26.0 Å². The van der Waals surface area contributed by atoms with Crippen molar-refractivity contribution < 1.29 is 14.2 Å². The Balaban J connectivity index is 2.18. The van der Waals surface area contributed by atoms with Gasteiger partial charge in [0.1, 0.15) is 18.2 Å². The highest BCUT2D eigenvalue weighted by Crippen LogP contribution is 2.26. The van der Waals surface area contributed by atoms with Gasteiger partial charge in [-0.1, -0.05) is 30.3 Å². The van der Waals surface area contributed by atoms with E-state index in [1.54, 1.807) is 18.2 Å². The van der Waals surface area contributed by atoms with Gasteiger partial charge < -0.3 is 9.84 Å². The first-order chi connectivity index (χ1) is 9.11. The molecule has 1 N–H and O–H groups in total. The van der Waals surface area contributed by atoms with E-state index >= 15 is 0 Å². The quantitative estimate of drug-likeness (QED) is 0.911. The van der Waals surface area contributed by atoms with Crippen LogP contribution in [0.3, 0.4) is 0 Å². The number of aliphatic hydroxyl groups excluding tert-OH is 1. The molecule has 2 aromatic rings. The van der Waals surface area contributed by atoms with Gasteiger partial charge in [0.2, 0.25) is 0 Å². The van der Waals surface area contributed by atoms with Gasteiger partial charge in [0.15, 0.2) is 0 Å². The maximum Gasteiger partial charge on any atom is 0.129 e. The average molecular weight is 260 g/mol. The van der Waals surface area contributed by atoms with Gasteiger partial charge in [-0.2, -0.15) is 0 Å². The molecule has 0 radical (unpaired) electrons. The molecule has 19 heavy (non-hydrogen) atoms. The van der Waals surface area contributed by atoms with Crippen LogP contribution in [0, 0.1) is 19.7 Å². The molecule has 0 spiro atoms. The summed E-state index contributed by atoms with van der Waals surface area (Å²) in [5, 5.41) is 9.13. The van der Waals surface area contributed by atoms with E-state index in [0.29, 0.717) is 5.56 Å². The molecule has 2 rings (SSSR count). The molecule has 0 aliphatic carbocycles. The number of hydrogen-bond acceptors (Lipinski definition) is 2. The van der Waals surface area contributed by atoms with Crippen LogP contribution >= 0.6 is 0 Å². The van der Waals surface area contributed by atoms with Crippen molar-refractivity contribution in [2.75, 3.05) is 0 Å². The largest absolute Gasteiger partial charge is 0.488 e. The maximum absolute atomic E-state index is 13.5. The molecule has 0 aromatic heterocycles. The first kappa shape index (κ1) is 13.6. The van der Waals surface area contributed by atoms with Crippen molar-refractivity contribution in [3.63, 3.8) is 0 Å². The molecule has 0 bridgehead atoms. The number of halogens is 1. The molecule has 0 atom stereocenters. The van der Waals surface area contributed by atoms with Gasteiger partial charge in [0, 0.05) is 5.56 Å². The summed E-state index contributed by atoms with van der Waals surface area (Å²) in [7, 11) is 0. The molecule has 0 amide bonds. The molecular weight excluding hydrogens is 243 g/mol. The predicted octanol–water partition coefficient (Wildman–Crippen LogP) is 3.51. The molecule has 2 aromatic carbocycles. The van der Waals surface area contributed by atoms with E-state index in [-0.39, 0.29) is 19.0 Å². The topological polar surface area (TPSA) is 29.5 Å². The van der Waals surface area contributed by atoms with Gasteiger partial charge in [-0.15, -0.1) is 0 Å². The Labute approximate surface area is 112 Å². The Morgan fingerprint density at radius 3 is 2.32 bits per heavy atom. The summed E-state index contributed by atoms with van der Waals surface area (Å²) < 4.78 is 19.2. The van der Waals surface area contributed by atoms with Crippen molar-refractivity contribution in [2.45, 2.75) is 27.1 Å². The van der Waals surface area contributed by atoms with Crippen molar-refractivity contribution in [3.05, 3.63) is 64.5 Å². The molecule has 0 aliphatic heterocycles. The standard InChI is InChI=1S/C16H17FO2/c1-11-7-13(9-18)8-12(2)16(11)19-10-14-5-3-4-6-15(14)17/h3-8,18H,9-10H2,1-2H3. The van der Waals surface area contributed by atoms with Gasteiger partial charge in [-0.25, -0.2) is 4.39 Å². The highest BCUT2D eigenvalue weighted by molar-refractivity contribution is 5.43. The van der Waals surface area contributed by atoms with E-state index in [9.17, 15) is 4.39 Å². The molecular formula is C16H17FO2. The summed E-state index contributed by atoms with van der Waals surface area (Å²) in [6.07, 6.45) is 0. The smallest absolute Gasteiger partial charge is 0.129 e. The summed E-state index contributed by atoms with van der Waals surface area (Å²) in [6.45, 7) is 4.05. The SMILES string of the molecule is Cc1cc(CO)cc(C)c1OCc1ccccc1F. The summed E-state index contributed by atoms with van der Waals surface area (Å²) in [5.41, 5.74) is 3.28. The predicted molar refractivity (Wildman–Crippen MR) is 72.6 cm³/mol. The molecule has 0 fully saturated rings. The summed E-state index contributed by atoms with van der Waals surface area (Å²) in [5.74, 6) is 0.491. The molecule has 3 heteroatoms. The lowest BCUT2D eigenvalue weighted by molar-refractivity contribution is 0.279. The summed E-state index contributed by atoms with van der Waals surface area (Å²) >= 11 is 0. The lowest BCUT2D eigenvalue weighted by Crippen LogP contribution is -2.02. The van der Waals surface area contributed by atoms with Crippen LogP contribution in [0.4, 0.5) is 4.39 Å². The van der Waals surface area contributed by atoms with Crippen LogP contribution in [0.1, 0.15) is 22.3 Å². The van der Waals surface area contributed by atoms with Crippen molar-refractivity contribution in [3.8, 4) is 5.75 Å². The van der Waals surface area contributed by atoms with Crippen molar-refractivity contribution in [1.82, 2.24) is 0 Å². The second kappa shape index (κ2) is 5.85. The van der Waals surface area contributed by atoms with E-state index in [4.69, 9.17) is 9.84 Å². The third kappa shape index (κ3) is 3.12. The molecule has 0 aliphatic rings. The Hall–Kier alpha value is -1.87. The fourth-order valence-electron chi connectivity index (χ4n) is 2.12. The highest BCUT2D eigenvalue weighted by atomic mass is 19.1. The molecule has 2 nitrogen and oxygen atoms in total. The highest BCUT2D eigenvalue weighted by Gasteiger charge is 2.08. The van der Waals surface area contributed by atoms with Crippen LogP contribution in [0.25, 0.3) is 0 Å². The van der Waals surface area contributed by atoms with Gasteiger partial charge in [0.25, 0.3) is 0 Å². The second-order valence-electron chi connectivity index (χ2n) is 4.60. The van der Waals surface area contributed by atoms with E-state index < -0.39 is 0 Å². The lowest BCUT2D eigenvalue weighted by atomic mass is 10.1. The Morgan fingerprint density at radius 2 is 1.74 bits per heavy atom. The van der Waals surface area contributed by atoms with Gasteiger partial charge in [-0.3, -0.25) is 0 Å². The fraction of sp³-hybridized carbons (Fsp3) is 0.250. The second-order valence-corrected chi connectivity index (χ2v) is 4.60. The summed E-state index contributed by atoms with van der Waals surface area (Å²) in [6, 6.07) is 10.3. The monoisotopic (exact) mass is 260 g/mol. The van der Waals surface area contributed by atoms with E-state index in [1.165, 1.54) is 6.07 Å². The maximum atomic E-state index is 13.5. The van der Waals surface area contributed by atoms with Crippen LogP contribution in [-0.4, -0.2) is 5.11 Å². The first-order valence-corrected chi connectivity index (χ1v) is 6.19. The number of aliphatic hydroxyl groups is 1. The minimum atomic E-state index is -0.259. The van der Waals surface area contributed by atoms with Crippen molar-refractivity contribution in [1.29, 1.82) is 0 Å². The van der Waals surface area contributed by atoms with Crippen LogP contribution in [0.15, 0.2) is 36.4 Å². The number of ether oxygens (including phenoxy) is 1. The first-order valence-electron chi connectivity index (χ1n) is 6.19. The van der Waals surface area contributed by atoms with Crippen LogP contribution in [-0.2, 0) is 13.2 Å². The average Bonchev–Trinajstić information content (AvgIpc) is 2.39. The molecule has 0 saturated carbocycles. The number of rotatable bonds is 4. The molecule has 0 heterocycles. The van der Waals surface area contributed by atoms with Crippen molar-refractivity contribution in [2.24, 2.45) is 0 Å². The van der Waals surface area contributed by atoms with Gasteiger partial charge >= 0.3 is 0 Å². The number of hydrogen-bond donors (Lipinski definition) is 1. The summed E-state index contributed by atoms with van der Waals surface area (Å²) in [4.78, 5) is 0. The lowest BCUT2D eigenvalue weighted by Gasteiger charge is -2.14. The van der Waals surface area contributed by atoms with Gasteiger partial charge in [0.05, 0.1) is 6.61 Å². The zero-order valence-electron chi connectivity index (χ0n) is 11.1. The zero-order valence-corrected chi connectivity index (χ0v) is 11.1. The molecule has 100 valence electrons. The normalized spacial score (nSPS) is 10.5. The zero-order chi connectivity index (χ0) is 13.8. The Bertz CT molecular complexity index is 556. The Kier molecular flexibility index (Phi) is 4.17. The van der Waals surface area contributed by atoms with Crippen LogP contribution < -0.4 is 4.74 Å². The minimum Gasteiger partial charge on any atom is -0.488 e. The molecule has 0 unspecified atom stereocenters. The minimum absolute atomic E-state index is 0.00920. The van der Waals surface area contributed by atoms with Crippen LogP contribution in [0.2, 0.25) is 0 Å². The number of aryl methyl sites for hydroxylation is 2. The van der Waals surface area contributed by atoms with E-state index in [0.717, 1.165) is 22.4 Å². The fourth-order valence-corrected chi connectivity index (χ4v) is 2.12. The Morgan fingerprint density at radius 1 is 1.11 bits per heavy atom. The number of benzene rings is 2. The van der Waals surface area contributed by atoms with Crippen LogP contribution in [0.5, 0.6) is 5.75 Å². The van der Waals surface area contributed by atoms with Crippen molar-refractivity contribution >= 4 is 0 Å². The molecule has 0 saturated heterocycles. The third-order valence-electron chi connectivity index (χ3n) is 3.03. The van der Waals surface area contributed by atoms with Gasteiger partial charge in [-0.05, 0) is 36.6 Å². The third-order valence-corrected chi connectivity index (χ3v) is 3.03. The van der Waals surface area contributed by atoms with E-state index in [2.05, 4.69) is 0 Å².